The molecule has 0 saturated carbocycles. The van der Waals surface area contributed by atoms with Crippen LogP contribution in [0, 0.1) is 6.92 Å². The number of amides is 4. The van der Waals surface area contributed by atoms with Crippen LogP contribution in [0.25, 0.3) is 0 Å². The number of rotatable bonds is 3. The zero-order valence-electron chi connectivity index (χ0n) is 13.4. The number of carbonyl (C=O) groups excluding carboxylic acids is 4. The standard InChI is InChI=1S/C18H15N3O4/c1-11-5-4-6-12(9-11)16(23)20-19-15(22)10-21-17(24)13-7-2-3-8-14(13)18(21)25/h2-9H,10H2,1H3,(H,19,22)(H,20,23). The van der Waals surface area contributed by atoms with Gasteiger partial charge < -0.3 is 0 Å². The molecule has 126 valence electrons. The summed E-state index contributed by atoms with van der Waals surface area (Å²) in [5.74, 6) is -2.21. The Morgan fingerprint density at radius 3 is 2.16 bits per heavy atom. The Kier molecular flexibility index (Phi) is 4.30. The fourth-order valence-electron chi connectivity index (χ4n) is 2.55. The highest BCUT2D eigenvalue weighted by atomic mass is 16.2. The number of hydrogen-bond acceptors (Lipinski definition) is 4. The van der Waals surface area contributed by atoms with Crippen LogP contribution in [0.1, 0.15) is 36.6 Å². The maximum atomic E-state index is 12.2. The zero-order valence-corrected chi connectivity index (χ0v) is 13.4. The van der Waals surface area contributed by atoms with E-state index in [1.165, 1.54) is 12.1 Å². The molecule has 0 atom stereocenters. The van der Waals surface area contributed by atoms with E-state index in [2.05, 4.69) is 10.9 Å². The minimum atomic E-state index is -0.671. The van der Waals surface area contributed by atoms with E-state index in [9.17, 15) is 19.2 Å². The molecule has 0 bridgehead atoms. The number of nitrogens with zero attached hydrogens (tertiary/aromatic N) is 1. The second kappa shape index (κ2) is 6.56. The van der Waals surface area contributed by atoms with Crippen molar-refractivity contribution in [3.05, 3.63) is 70.8 Å². The van der Waals surface area contributed by atoms with Crippen LogP contribution < -0.4 is 10.9 Å². The Morgan fingerprint density at radius 1 is 0.920 bits per heavy atom. The molecule has 2 N–H and O–H groups in total. The van der Waals surface area contributed by atoms with Gasteiger partial charge in [0.05, 0.1) is 11.1 Å². The molecule has 0 fully saturated rings. The third-order valence-corrected chi connectivity index (χ3v) is 3.78. The molecule has 7 heteroatoms. The highest BCUT2D eigenvalue weighted by molar-refractivity contribution is 6.22. The van der Waals surface area contributed by atoms with Crippen LogP contribution in [0.4, 0.5) is 0 Å². The first-order valence-corrected chi connectivity index (χ1v) is 7.58. The molecular formula is C18H15N3O4. The lowest BCUT2D eigenvalue weighted by Crippen LogP contribution is -2.47. The van der Waals surface area contributed by atoms with Gasteiger partial charge in [-0.05, 0) is 31.2 Å². The van der Waals surface area contributed by atoms with Crippen molar-refractivity contribution in [3.63, 3.8) is 0 Å². The van der Waals surface area contributed by atoms with Gasteiger partial charge in [-0.25, -0.2) is 0 Å². The van der Waals surface area contributed by atoms with Crippen LogP contribution in [0.3, 0.4) is 0 Å². The Morgan fingerprint density at radius 2 is 1.56 bits per heavy atom. The Hall–Kier alpha value is -3.48. The number of nitrogens with one attached hydrogen (secondary N) is 2. The average Bonchev–Trinajstić information content (AvgIpc) is 2.85. The van der Waals surface area contributed by atoms with Gasteiger partial charge in [-0.3, -0.25) is 34.9 Å². The van der Waals surface area contributed by atoms with Crippen molar-refractivity contribution in [2.45, 2.75) is 6.92 Å². The molecule has 2 aromatic rings. The molecule has 0 aromatic heterocycles. The molecule has 25 heavy (non-hydrogen) atoms. The van der Waals surface area contributed by atoms with Crippen LogP contribution in [0.5, 0.6) is 0 Å². The van der Waals surface area contributed by atoms with Crippen molar-refractivity contribution in [1.29, 1.82) is 0 Å². The third-order valence-electron chi connectivity index (χ3n) is 3.78. The van der Waals surface area contributed by atoms with Crippen LogP contribution in [0.2, 0.25) is 0 Å². The molecule has 0 unspecified atom stereocenters. The molecular weight excluding hydrogens is 322 g/mol. The van der Waals surface area contributed by atoms with Crippen LogP contribution in [-0.2, 0) is 4.79 Å². The molecule has 0 aliphatic carbocycles. The fourth-order valence-corrected chi connectivity index (χ4v) is 2.55. The SMILES string of the molecule is Cc1cccc(C(=O)NNC(=O)CN2C(=O)c3ccccc3C2=O)c1. The van der Waals surface area contributed by atoms with Crippen molar-refractivity contribution >= 4 is 23.6 Å². The van der Waals surface area contributed by atoms with Gasteiger partial charge in [0.15, 0.2) is 0 Å². The van der Waals surface area contributed by atoms with Crippen molar-refractivity contribution in [2.75, 3.05) is 6.54 Å². The van der Waals surface area contributed by atoms with E-state index >= 15 is 0 Å². The van der Waals surface area contributed by atoms with Crippen LogP contribution in [0.15, 0.2) is 48.5 Å². The van der Waals surface area contributed by atoms with Crippen molar-refractivity contribution in [2.24, 2.45) is 0 Å². The number of carbonyl (C=O) groups is 4. The molecule has 7 nitrogen and oxygen atoms in total. The van der Waals surface area contributed by atoms with Gasteiger partial charge in [-0.2, -0.15) is 0 Å². The second-order valence-corrected chi connectivity index (χ2v) is 5.61. The topological polar surface area (TPSA) is 95.6 Å². The normalized spacial score (nSPS) is 12.8. The van der Waals surface area contributed by atoms with Gasteiger partial charge >= 0.3 is 0 Å². The van der Waals surface area contributed by atoms with E-state index in [-0.39, 0.29) is 11.1 Å². The summed E-state index contributed by atoms with van der Waals surface area (Å²) in [4.78, 5) is 49.1. The summed E-state index contributed by atoms with van der Waals surface area (Å²) in [5, 5.41) is 0. The predicted octanol–water partition coefficient (Wildman–Crippen LogP) is 1.05. The Labute approximate surface area is 143 Å². The van der Waals surface area contributed by atoms with Gasteiger partial charge in [-0.1, -0.05) is 29.8 Å². The minimum absolute atomic E-state index is 0.268. The maximum Gasteiger partial charge on any atom is 0.269 e. The first-order chi connectivity index (χ1) is 12.0. The lowest BCUT2D eigenvalue weighted by atomic mass is 10.1. The average molecular weight is 337 g/mol. The lowest BCUT2D eigenvalue weighted by Gasteiger charge is -2.14. The monoisotopic (exact) mass is 337 g/mol. The van der Waals surface area contributed by atoms with Crippen molar-refractivity contribution < 1.29 is 19.2 Å². The van der Waals surface area contributed by atoms with E-state index in [1.807, 2.05) is 13.0 Å². The number of aryl methyl sites for hydroxylation is 1. The summed E-state index contributed by atoms with van der Waals surface area (Å²) >= 11 is 0. The fraction of sp³-hybridized carbons (Fsp3) is 0.111. The Bertz CT molecular complexity index is 856. The van der Waals surface area contributed by atoms with E-state index in [0.29, 0.717) is 5.56 Å². The van der Waals surface area contributed by atoms with Gasteiger partial charge in [0.2, 0.25) is 0 Å². The van der Waals surface area contributed by atoms with Gasteiger partial charge in [-0.15, -0.1) is 0 Å². The van der Waals surface area contributed by atoms with Crippen LogP contribution >= 0.6 is 0 Å². The quantitative estimate of drug-likeness (QED) is 0.646. The molecule has 1 aliphatic heterocycles. The molecule has 1 aliphatic rings. The molecule has 0 spiro atoms. The molecule has 1 heterocycles. The molecule has 0 saturated heterocycles. The van der Waals surface area contributed by atoms with Crippen molar-refractivity contribution in [1.82, 2.24) is 15.8 Å². The minimum Gasteiger partial charge on any atom is -0.271 e. The summed E-state index contributed by atoms with van der Waals surface area (Å²) in [6, 6.07) is 13.2. The molecule has 0 radical (unpaired) electrons. The van der Waals surface area contributed by atoms with Crippen LogP contribution in [-0.4, -0.2) is 35.1 Å². The summed E-state index contributed by atoms with van der Waals surface area (Å²) in [6.45, 7) is 1.37. The largest absolute Gasteiger partial charge is 0.271 e. The van der Waals surface area contributed by atoms with E-state index in [0.717, 1.165) is 10.5 Å². The van der Waals surface area contributed by atoms with E-state index < -0.39 is 30.2 Å². The van der Waals surface area contributed by atoms with E-state index in [1.54, 1.807) is 30.3 Å². The highest BCUT2D eigenvalue weighted by Gasteiger charge is 2.36. The summed E-state index contributed by atoms with van der Waals surface area (Å²) in [7, 11) is 0. The summed E-state index contributed by atoms with van der Waals surface area (Å²) < 4.78 is 0. The predicted molar refractivity (Wildman–Crippen MR) is 88.6 cm³/mol. The summed E-state index contributed by atoms with van der Waals surface area (Å²) in [5.41, 5.74) is 6.31. The first kappa shape index (κ1) is 16.4. The molecule has 3 rings (SSSR count). The van der Waals surface area contributed by atoms with Gasteiger partial charge in [0, 0.05) is 5.56 Å². The smallest absolute Gasteiger partial charge is 0.269 e. The second-order valence-electron chi connectivity index (χ2n) is 5.61. The van der Waals surface area contributed by atoms with Gasteiger partial charge in [0.1, 0.15) is 6.54 Å². The molecule has 4 amide bonds. The summed E-state index contributed by atoms with van der Waals surface area (Å²) in [6.07, 6.45) is 0. The molecule has 2 aromatic carbocycles. The lowest BCUT2D eigenvalue weighted by molar-refractivity contribution is -0.122. The van der Waals surface area contributed by atoms with Crippen molar-refractivity contribution in [3.8, 4) is 0 Å². The van der Waals surface area contributed by atoms with E-state index in [4.69, 9.17) is 0 Å². The highest BCUT2D eigenvalue weighted by Crippen LogP contribution is 2.21. The maximum absolute atomic E-state index is 12.2. The number of hydrogen-bond donors (Lipinski definition) is 2. The first-order valence-electron chi connectivity index (χ1n) is 7.58. The number of benzene rings is 2. The number of fused-ring (bicyclic) bond motifs is 1. The Balaban J connectivity index is 1.60. The van der Waals surface area contributed by atoms with Gasteiger partial charge in [0.25, 0.3) is 23.6 Å². The number of hydrazine groups is 1. The number of imide groups is 1. The third kappa shape index (κ3) is 3.25. The zero-order chi connectivity index (χ0) is 18.0.